The average molecular weight is 408 g/mol. The largest absolute Gasteiger partial charge is 0.342 e. The lowest BCUT2D eigenvalue weighted by Crippen LogP contribution is -2.51. The molecule has 0 aromatic heterocycles. The maximum Gasteiger partial charge on any atom is 0.225 e. The molecular formula is C20H29N3O4S. The van der Waals surface area contributed by atoms with Gasteiger partial charge in [-0.05, 0) is 31.2 Å². The van der Waals surface area contributed by atoms with Gasteiger partial charge in [0.25, 0.3) is 0 Å². The summed E-state index contributed by atoms with van der Waals surface area (Å²) in [5.74, 6) is 0.138. The van der Waals surface area contributed by atoms with E-state index in [2.05, 4.69) is 0 Å². The van der Waals surface area contributed by atoms with Crippen LogP contribution >= 0.6 is 0 Å². The highest BCUT2D eigenvalue weighted by Gasteiger charge is 2.33. The van der Waals surface area contributed by atoms with Crippen LogP contribution in [-0.2, 0) is 26.0 Å². The van der Waals surface area contributed by atoms with E-state index in [0.717, 1.165) is 18.4 Å². The first-order valence-corrected chi connectivity index (χ1v) is 11.6. The molecular weight excluding hydrogens is 378 g/mol. The first-order valence-electron chi connectivity index (χ1n) is 9.99. The van der Waals surface area contributed by atoms with E-state index in [-0.39, 0.29) is 17.6 Å². The van der Waals surface area contributed by atoms with Gasteiger partial charge in [-0.1, -0.05) is 30.3 Å². The van der Waals surface area contributed by atoms with Crippen LogP contribution < -0.4 is 0 Å². The van der Waals surface area contributed by atoms with Gasteiger partial charge in [-0.25, -0.2) is 12.7 Å². The van der Waals surface area contributed by atoms with Crippen LogP contribution in [0.3, 0.4) is 0 Å². The van der Waals surface area contributed by atoms with Crippen LogP contribution in [0, 0.1) is 5.92 Å². The number of piperidine rings is 1. The fourth-order valence-corrected chi connectivity index (χ4v) is 5.45. The quantitative estimate of drug-likeness (QED) is 0.631. The molecule has 0 atom stereocenters. The molecule has 1 aromatic rings. The maximum atomic E-state index is 12.7. The van der Waals surface area contributed by atoms with Crippen LogP contribution in [0.1, 0.15) is 24.8 Å². The molecule has 2 aliphatic heterocycles. The Kier molecular flexibility index (Phi) is 7.07. The smallest absolute Gasteiger partial charge is 0.225 e. The Morgan fingerprint density at radius 1 is 1.00 bits per heavy atom. The van der Waals surface area contributed by atoms with Gasteiger partial charge in [0.05, 0.1) is 5.75 Å². The van der Waals surface area contributed by atoms with Gasteiger partial charge in [0.15, 0.2) is 0 Å². The highest BCUT2D eigenvalue weighted by molar-refractivity contribution is 7.89. The number of hydrogen-bond acceptors (Lipinski definition) is 4. The van der Waals surface area contributed by atoms with E-state index in [4.69, 9.17) is 0 Å². The maximum absolute atomic E-state index is 12.7. The molecule has 154 valence electrons. The predicted octanol–water partition coefficient (Wildman–Crippen LogP) is 0.962. The van der Waals surface area contributed by atoms with Crippen molar-refractivity contribution in [3.63, 3.8) is 0 Å². The highest BCUT2D eigenvalue weighted by Crippen LogP contribution is 2.23. The van der Waals surface area contributed by atoms with Crippen molar-refractivity contribution < 1.29 is 18.0 Å². The third-order valence-electron chi connectivity index (χ3n) is 5.68. The third-order valence-corrected chi connectivity index (χ3v) is 7.64. The monoisotopic (exact) mass is 407 g/mol. The molecule has 3 rings (SSSR count). The SMILES string of the molecule is O=CN1CCN(C(=O)C2CCN(S(=O)(=O)CCCc3ccccc3)CC2)CC1. The minimum atomic E-state index is -3.28. The van der Waals surface area contributed by atoms with Gasteiger partial charge in [0, 0.05) is 45.2 Å². The Bertz CT molecular complexity index is 753. The molecule has 0 saturated carbocycles. The molecule has 0 spiro atoms. The first kappa shape index (κ1) is 20.8. The second-order valence-electron chi connectivity index (χ2n) is 7.55. The summed E-state index contributed by atoms with van der Waals surface area (Å²) in [6.45, 7) is 3.11. The number of sulfonamides is 1. The molecule has 2 heterocycles. The summed E-state index contributed by atoms with van der Waals surface area (Å²) in [7, 11) is -3.28. The first-order chi connectivity index (χ1) is 13.5. The number of carbonyl (C=O) groups excluding carboxylic acids is 2. The molecule has 0 bridgehead atoms. The van der Waals surface area contributed by atoms with E-state index in [0.29, 0.717) is 58.5 Å². The van der Waals surface area contributed by atoms with E-state index < -0.39 is 10.0 Å². The van der Waals surface area contributed by atoms with E-state index in [1.165, 1.54) is 0 Å². The lowest BCUT2D eigenvalue weighted by Gasteiger charge is -2.37. The van der Waals surface area contributed by atoms with Crippen molar-refractivity contribution in [1.82, 2.24) is 14.1 Å². The summed E-state index contributed by atoms with van der Waals surface area (Å²) in [6.07, 6.45) is 3.33. The zero-order valence-corrected chi connectivity index (χ0v) is 17.0. The summed E-state index contributed by atoms with van der Waals surface area (Å²) >= 11 is 0. The normalized spacial score (nSPS) is 19.6. The fraction of sp³-hybridized carbons (Fsp3) is 0.600. The number of hydrogen-bond donors (Lipinski definition) is 0. The molecule has 2 amide bonds. The molecule has 8 heteroatoms. The summed E-state index contributed by atoms with van der Waals surface area (Å²) in [6, 6.07) is 9.90. The van der Waals surface area contributed by atoms with Gasteiger partial charge in [0.2, 0.25) is 22.3 Å². The van der Waals surface area contributed by atoms with Crippen molar-refractivity contribution in [3.8, 4) is 0 Å². The summed E-state index contributed by atoms with van der Waals surface area (Å²) in [5.41, 5.74) is 1.15. The van der Waals surface area contributed by atoms with Crippen LogP contribution in [0.4, 0.5) is 0 Å². The topological polar surface area (TPSA) is 78.0 Å². The Hall–Kier alpha value is -1.93. The van der Waals surface area contributed by atoms with Gasteiger partial charge < -0.3 is 9.80 Å². The van der Waals surface area contributed by atoms with Crippen LogP contribution in [0.25, 0.3) is 0 Å². The molecule has 2 saturated heterocycles. The van der Waals surface area contributed by atoms with Crippen molar-refractivity contribution in [2.45, 2.75) is 25.7 Å². The Labute approximate surface area is 167 Å². The van der Waals surface area contributed by atoms with E-state index in [1.54, 1.807) is 9.21 Å². The molecule has 1 aromatic carbocycles. The molecule has 0 N–H and O–H groups in total. The van der Waals surface area contributed by atoms with Crippen molar-refractivity contribution in [3.05, 3.63) is 35.9 Å². The van der Waals surface area contributed by atoms with E-state index in [1.807, 2.05) is 35.2 Å². The fourth-order valence-electron chi connectivity index (χ4n) is 3.92. The lowest BCUT2D eigenvalue weighted by atomic mass is 9.96. The van der Waals surface area contributed by atoms with Crippen LogP contribution in [0.2, 0.25) is 0 Å². The summed E-state index contributed by atoms with van der Waals surface area (Å²) in [4.78, 5) is 27.0. The molecule has 0 radical (unpaired) electrons. The minimum Gasteiger partial charge on any atom is -0.342 e. The summed E-state index contributed by atoms with van der Waals surface area (Å²) in [5, 5.41) is 0. The second-order valence-corrected chi connectivity index (χ2v) is 9.63. The van der Waals surface area contributed by atoms with Crippen molar-refractivity contribution in [2.75, 3.05) is 45.0 Å². The molecule has 28 heavy (non-hydrogen) atoms. The van der Waals surface area contributed by atoms with E-state index in [9.17, 15) is 18.0 Å². The van der Waals surface area contributed by atoms with Gasteiger partial charge in [-0.15, -0.1) is 0 Å². The van der Waals surface area contributed by atoms with Crippen LogP contribution in [0.15, 0.2) is 30.3 Å². The predicted molar refractivity (Wildman–Crippen MR) is 107 cm³/mol. The van der Waals surface area contributed by atoms with E-state index >= 15 is 0 Å². The van der Waals surface area contributed by atoms with Gasteiger partial charge in [-0.3, -0.25) is 9.59 Å². The van der Waals surface area contributed by atoms with Crippen molar-refractivity contribution in [1.29, 1.82) is 0 Å². The standard InChI is InChI=1S/C20H29N3O4S/c24-17-21-12-14-22(15-13-21)20(25)19-8-10-23(11-9-19)28(26,27)16-4-7-18-5-2-1-3-6-18/h1-3,5-6,17,19H,4,7-16H2. The lowest BCUT2D eigenvalue weighted by molar-refractivity contribution is -0.140. The number of piperazine rings is 1. The third kappa shape index (κ3) is 5.32. The molecule has 0 unspecified atom stereocenters. The molecule has 0 aliphatic carbocycles. The van der Waals surface area contributed by atoms with Gasteiger partial charge in [0.1, 0.15) is 0 Å². The van der Waals surface area contributed by atoms with Crippen LogP contribution in [0.5, 0.6) is 0 Å². The van der Waals surface area contributed by atoms with Crippen molar-refractivity contribution >= 4 is 22.3 Å². The van der Waals surface area contributed by atoms with Gasteiger partial charge in [-0.2, -0.15) is 0 Å². The number of benzene rings is 1. The highest BCUT2D eigenvalue weighted by atomic mass is 32.2. The summed E-state index contributed by atoms with van der Waals surface area (Å²) < 4.78 is 26.8. The average Bonchev–Trinajstić information content (AvgIpc) is 2.74. The Balaban J connectivity index is 1.43. The zero-order chi connectivity index (χ0) is 20.0. The zero-order valence-electron chi connectivity index (χ0n) is 16.2. The number of carbonyl (C=O) groups is 2. The molecule has 2 aliphatic rings. The van der Waals surface area contributed by atoms with Crippen LogP contribution in [-0.4, -0.2) is 79.9 Å². The molecule has 7 nitrogen and oxygen atoms in total. The molecule has 2 fully saturated rings. The number of aryl methyl sites for hydroxylation is 1. The van der Waals surface area contributed by atoms with Gasteiger partial charge >= 0.3 is 0 Å². The minimum absolute atomic E-state index is 0.103. The Morgan fingerprint density at radius 2 is 1.64 bits per heavy atom. The number of amides is 2. The number of rotatable bonds is 7. The second kappa shape index (κ2) is 9.52. The Morgan fingerprint density at radius 3 is 2.25 bits per heavy atom. The number of nitrogens with zero attached hydrogens (tertiary/aromatic N) is 3. The van der Waals surface area contributed by atoms with Crippen molar-refractivity contribution in [2.24, 2.45) is 5.92 Å².